The van der Waals surface area contributed by atoms with Gasteiger partial charge in [0.15, 0.2) is 0 Å². The Bertz CT molecular complexity index is 434. The number of halogens is 1. The summed E-state index contributed by atoms with van der Waals surface area (Å²) in [6.45, 7) is 0.492. The zero-order chi connectivity index (χ0) is 13.1. The summed E-state index contributed by atoms with van der Waals surface area (Å²) < 4.78 is 5.39. The molecule has 100 valence electrons. The monoisotopic (exact) mass is 269 g/mol. The van der Waals surface area contributed by atoms with Gasteiger partial charge in [0.05, 0.1) is 18.2 Å². The number of hydrogen-bond acceptors (Lipinski definition) is 3. The number of aliphatic hydroxyl groups is 1. The van der Waals surface area contributed by atoms with E-state index in [4.69, 9.17) is 16.3 Å². The second kappa shape index (κ2) is 5.91. The molecule has 2 rings (SSSR count). The number of ether oxygens (including phenoxy) is 1. The predicted molar refractivity (Wildman–Crippen MR) is 73.5 cm³/mol. The Morgan fingerprint density at radius 1 is 1.44 bits per heavy atom. The van der Waals surface area contributed by atoms with Gasteiger partial charge in [-0.2, -0.15) is 0 Å². The van der Waals surface area contributed by atoms with Crippen molar-refractivity contribution in [3.05, 3.63) is 27.8 Å². The van der Waals surface area contributed by atoms with Gasteiger partial charge in [-0.3, -0.25) is 0 Å². The van der Waals surface area contributed by atoms with Gasteiger partial charge in [0.2, 0.25) is 0 Å². The van der Waals surface area contributed by atoms with Crippen LogP contribution in [0.15, 0.2) is 6.07 Å². The van der Waals surface area contributed by atoms with Crippen LogP contribution in [0, 0.1) is 0 Å². The van der Waals surface area contributed by atoms with E-state index in [2.05, 4.69) is 11.4 Å². The van der Waals surface area contributed by atoms with Crippen molar-refractivity contribution < 1.29 is 9.84 Å². The molecule has 0 radical (unpaired) electrons. The molecule has 0 aromatic heterocycles. The summed E-state index contributed by atoms with van der Waals surface area (Å²) >= 11 is 6.42. The van der Waals surface area contributed by atoms with Crippen molar-refractivity contribution in [3.8, 4) is 5.75 Å². The average Bonchev–Trinajstić information content (AvgIpc) is 2.39. The van der Waals surface area contributed by atoms with Crippen LogP contribution in [0.2, 0.25) is 5.02 Å². The molecule has 0 bridgehead atoms. The van der Waals surface area contributed by atoms with Gasteiger partial charge in [0.25, 0.3) is 0 Å². The van der Waals surface area contributed by atoms with Gasteiger partial charge in [-0.05, 0) is 49.9 Å². The average molecular weight is 270 g/mol. The second-order valence-corrected chi connectivity index (χ2v) is 5.11. The van der Waals surface area contributed by atoms with E-state index in [-0.39, 0.29) is 0 Å². The number of aliphatic hydroxyl groups excluding tert-OH is 1. The first-order valence-electron chi connectivity index (χ1n) is 6.39. The first kappa shape index (κ1) is 13.7. The molecule has 1 aromatic rings. The lowest BCUT2D eigenvalue weighted by atomic mass is 9.88. The van der Waals surface area contributed by atoms with Gasteiger partial charge in [0.1, 0.15) is 5.75 Å². The van der Waals surface area contributed by atoms with Gasteiger partial charge >= 0.3 is 0 Å². The highest BCUT2D eigenvalue weighted by atomic mass is 35.5. The third-order valence-corrected chi connectivity index (χ3v) is 3.93. The predicted octanol–water partition coefficient (Wildman–Crippen LogP) is 2.48. The normalized spacial score (nSPS) is 16.2. The van der Waals surface area contributed by atoms with Gasteiger partial charge in [-0.1, -0.05) is 11.6 Å². The number of rotatable bonds is 4. The van der Waals surface area contributed by atoms with Crippen LogP contribution >= 0.6 is 11.6 Å². The number of aryl methyl sites for hydroxylation is 1. The Balaban J connectivity index is 2.48. The molecule has 0 spiro atoms. The minimum absolute atomic E-state index is 0.492. The lowest BCUT2D eigenvalue weighted by molar-refractivity contribution is 0.173. The van der Waals surface area contributed by atoms with Crippen molar-refractivity contribution in [3.63, 3.8) is 0 Å². The topological polar surface area (TPSA) is 41.5 Å². The Morgan fingerprint density at radius 2 is 2.17 bits per heavy atom. The van der Waals surface area contributed by atoms with Crippen LogP contribution in [0.5, 0.6) is 5.75 Å². The Hall–Kier alpha value is -0.770. The van der Waals surface area contributed by atoms with Crippen molar-refractivity contribution in [1.82, 2.24) is 5.32 Å². The molecular weight excluding hydrogens is 250 g/mol. The summed E-state index contributed by atoms with van der Waals surface area (Å²) in [6, 6.07) is 2.06. The van der Waals surface area contributed by atoms with Crippen LogP contribution in [0.3, 0.4) is 0 Å². The van der Waals surface area contributed by atoms with Crippen LogP contribution < -0.4 is 10.1 Å². The Morgan fingerprint density at radius 3 is 2.83 bits per heavy atom. The number of likely N-dealkylation sites (N-methyl/N-ethyl adjacent to an activating group) is 1. The standard InChI is InChI=1S/C14H20ClNO2/c1-16-8-12(17)11-7-9-5-3-4-6-10(9)13(15)14(11)18-2/h7,12,16-17H,3-6,8H2,1-2H3. The summed E-state index contributed by atoms with van der Waals surface area (Å²) in [5, 5.41) is 13.8. The number of nitrogens with one attached hydrogen (secondary N) is 1. The molecule has 1 aliphatic carbocycles. The minimum Gasteiger partial charge on any atom is -0.495 e. The molecule has 1 aromatic carbocycles. The number of hydrogen-bond donors (Lipinski definition) is 2. The number of benzene rings is 1. The molecule has 3 nitrogen and oxygen atoms in total. The highest BCUT2D eigenvalue weighted by Gasteiger charge is 2.22. The lowest BCUT2D eigenvalue weighted by Crippen LogP contribution is -2.18. The fourth-order valence-electron chi connectivity index (χ4n) is 2.61. The third kappa shape index (κ3) is 2.48. The quantitative estimate of drug-likeness (QED) is 0.882. The summed E-state index contributed by atoms with van der Waals surface area (Å²) in [7, 11) is 3.42. The van der Waals surface area contributed by atoms with Crippen molar-refractivity contribution in [1.29, 1.82) is 0 Å². The fraction of sp³-hybridized carbons (Fsp3) is 0.571. The smallest absolute Gasteiger partial charge is 0.143 e. The molecule has 18 heavy (non-hydrogen) atoms. The van der Waals surface area contributed by atoms with Crippen LogP contribution in [0.1, 0.15) is 35.6 Å². The zero-order valence-corrected chi connectivity index (χ0v) is 11.7. The molecule has 0 fully saturated rings. The molecule has 2 N–H and O–H groups in total. The zero-order valence-electron chi connectivity index (χ0n) is 10.9. The van der Waals surface area contributed by atoms with Crippen LogP contribution in [-0.2, 0) is 12.8 Å². The summed E-state index contributed by atoms with van der Waals surface area (Å²) in [5.41, 5.74) is 3.25. The van der Waals surface area contributed by atoms with E-state index in [1.807, 2.05) is 7.05 Å². The molecule has 1 unspecified atom stereocenters. The molecule has 0 amide bonds. The summed E-state index contributed by atoms with van der Waals surface area (Å²) in [5.74, 6) is 0.625. The van der Waals surface area contributed by atoms with E-state index >= 15 is 0 Å². The van der Waals surface area contributed by atoms with E-state index in [0.717, 1.165) is 18.4 Å². The molecule has 1 atom stereocenters. The van der Waals surface area contributed by atoms with Crippen molar-refractivity contribution in [2.24, 2.45) is 0 Å². The lowest BCUT2D eigenvalue weighted by Gasteiger charge is -2.23. The van der Waals surface area contributed by atoms with Crippen molar-refractivity contribution >= 4 is 11.6 Å². The van der Waals surface area contributed by atoms with E-state index in [9.17, 15) is 5.11 Å². The van der Waals surface area contributed by atoms with Gasteiger partial charge in [0, 0.05) is 12.1 Å². The van der Waals surface area contributed by atoms with E-state index < -0.39 is 6.10 Å². The van der Waals surface area contributed by atoms with E-state index in [0.29, 0.717) is 17.3 Å². The fourth-order valence-corrected chi connectivity index (χ4v) is 3.02. The minimum atomic E-state index is -0.588. The molecule has 1 aliphatic rings. The SMILES string of the molecule is CNCC(O)c1cc2c(c(Cl)c1OC)CCCC2. The number of methoxy groups -OCH3 is 1. The van der Waals surface area contributed by atoms with Crippen LogP contribution in [0.4, 0.5) is 0 Å². The van der Waals surface area contributed by atoms with Crippen LogP contribution in [0.25, 0.3) is 0 Å². The second-order valence-electron chi connectivity index (χ2n) is 4.73. The van der Waals surface area contributed by atoms with Gasteiger partial charge in [-0.15, -0.1) is 0 Å². The summed E-state index contributed by atoms with van der Waals surface area (Å²) in [4.78, 5) is 0. The van der Waals surface area contributed by atoms with Crippen LogP contribution in [-0.4, -0.2) is 25.8 Å². The molecule has 0 aliphatic heterocycles. The van der Waals surface area contributed by atoms with Gasteiger partial charge < -0.3 is 15.2 Å². The first-order valence-corrected chi connectivity index (χ1v) is 6.77. The largest absolute Gasteiger partial charge is 0.495 e. The molecule has 4 heteroatoms. The summed E-state index contributed by atoms with van der Waals surface area (Å²) in [6.07, 6.45) is 3.83. The first-order chi connectivity index (χ1) is 8.69. The Kier molecular flexibility index (Phi) is 4.49. The molecule has 0 heterocycles. The molecule has 0 saturated carbocycles. The highest BCUT2D eigenvalue weighted by molar-refractivity contribution is 6.33. The maximum absolute atomic E-state index is 10.2. The third-order valence-electron chi connectivity index (χ3n) is 3.53. The maximum atomic E-state index is 10.2. The van der Waals surface area contributed by atoms with Gasteiger partial charge in [-0.25, -0.2) is 0 Å². The van der Waals surface area contributed by atoms with E-state index in [1.54, 1.807) is 7.11 Å². The van der Waals surface area contributed by atoms with Crippen molar-refractivity contribution in [2.75, 3.05) is 20.7 Å². The molecular formula is C14H20ClNO2. The maximum Gasteiger partial charge on any atom is 0.143 e. The molecule has 0 saturated heterocycles. The number of fused-ring (bicyclic) bond motifs is 1. The van der Waals surface area contributed by atoms with Crippen molar-refractivity contribution in [2.45, 2.75) is 31.8 Å². The highest BCUT2D eigenvalue weighted by Crippen LogP contribution is 2.40. The van der Waals surface area contributed by atoms with E-state index in [1.165, 1.54) is 24.0 Å². The Labute approximate surface area is 113 Å².